The van der Waals surface area contributed by atoms with E-state index >= 15 is 0 Å². The largest absolute Gasteiger partial charge is 0.483 e. The Balaban J connectivity index is 1.81. The zero-order chi connectivity index (χ0) is 12.4. The molecule has 0 fully saturated rings. The van der Waals surface area contributed by atoms with Gasteiger partial charge in [-0.25, -0.2) is 0 Å². The molecule has 2 aromatic carbocycles. The first kappa shape index (κ1) is 11.1. The number of para-hydroxylation sites is 1. The molecule has 1 heteroatoms. The third-order valence-corrected chi connectivity index (χ3v) is 3.29. The number of hydrogen-bond donors (Lipinski definition) is 0. The Hall–Kier alpha value is -2.02. The second-order valence-corrected chi connectivity index (χ2v) is 4.94. The minimum absolute atomic E-state index is 0.223. The van der Waals surface area contributed by atoms with Crippen LogP contribution in [0.2, 0.25) is 0 Å². The lowest BCUT2D eigenvalue weighted by Gasteiger charge is -2.19. The van der Waals surface area contributed by atoms with Crippen molar-refractivity contribution in [2.75, 3.05) is 0 Å². The summed E-state index contributed by atoms with van der Waals surface area (Å²) in [5.74, 6) is 1.01. The van der Waals surface area contributed by atoms with Gasteiger partial charge in [0.2, 0.25) is 0 Å². The standard InChI is InChI=1S/C17H16O/c1-17(12-11-14-7-3-2-4-8-14)13-15-9-5-6-10-16(15)18-17/h2-12H,13H2,1H3/b12-11+. The summed E-state index contributed by atoms with van der Waals surface area (Å²) < 4.78 is 6.03. The van der Waals surface area contributed by atoms with Crippen LogP contribution in [0.1, 0.15) is 18.1 Å². The molecule has 1 heterocycles. The van der Waals surface area contributed by atoms with Crippen LogP contribution in [0.25, 0.3) is 6.08 Å². The van der Waals surface area contributed by atoms with Gasteiger partial charge in [-0.15, -0.1) is 0 Å². The Labute approximate surface area is 108 Å². The summed E-state index contributed by atoms with van der Waals surface area (Å²) >= 11 is 0. The molecule has 0 spiro atoms. The molecular formula is C17H16O. The number of rotatable bonds is 2. The van der Waals surface area contributed by atoms with Crippen LogP contribution in [-0.4, -0.2) is 5.60 Å². The zero-order valence-corrected chi connectivity index (χ0v) is 10.5. The Morgan fingerprint density at radius 1 is 1.00 bits per heavy atom. The maximum Gasteiger partial charge on any atom is 0.129 e. The minimum Gasteiger partial charge on any atom is -0.483 e. The van der Waals surface area contributed by atoms with Crippen molar-refractivity contribution in [3.8, 4) is 5.75 Å². The number of fused-ring (bicyclic) bond motifs is 1. The highest BCUT2D eigenvalue weighted by Crippen LogP contribution is 2.35. The zero-order valence-electron chi connectivity index (χ0n) is 10.5. The van der Waals surface area contributed by atoms with Crippen LogP contribution in [-0.2, 0) is 6.42 Å². The van der Waals surface area contributed by atoms with Crippen LogP contribution in [0.4, 0.5) is 0 Å². The third kappa shape index (κ3) is 2.17. The number of hydrogen-bond acceptors (Lipinski definition) is 1. The molecule has 0 aliphatic carbocycles. The second kappa shape index (κ2) is 4.34. The minimum atomic E-state index is -0.223. The van der Waals surface area contributed by atoms with Gasteiger partial charge >= 0.3 is 0 Å². The highest BCUT2D eigenvalue weighted by molar-refractivity contribution is 5.52. The van der Waals surface area contributed by atoms with Gasteiger partial charge in [0.25, 0.3) is 0 Å². The van der Waals surface area contributed by atoms with Gasteiger partial charge in [-0.2, -0.15) is 0 Å². The molecule has 0 aromatic heterocycles. The van der Waals surface area contributed by atoms with Crippen LogP contribution in [0.15, 0.2) is 60.7 Å². The monoisotopic (exact) mass is 236 g/mol. The van der Waals surface area contributed by atoms with Gasteiger partial charge in [-0.05, 0) is 30.2 Å². The molecule has 18 heavy (non-hydrogen) atoms. The summed E-state index contributed by atoms with van der Waals surface area (Å²) in [5, 5.41) is 0. The maximum absolute atomic E-state index is 6.03. The molecule has 0 saturated carbocycles. The molecule has 90 valence electrons. The van der Waals surface area contributed by atoms with Crippen molar-refractivity contribution in [3.05, 3.63) is 71.8 Å². The summed E-state index contributed by atoms with van der Waals surface area (Å²) in [4.78, 5) is 0. The van der Waals surface area contributed by atoms with Crippen LogP contribution < -0.4 is 4.74 Å². The first-order valence-corrected chi connectivity index (χ1v) is 6.26. The van der Waals surface area contributed by atoms with E-state index in [0.717, 1.165) is 12.2 Å². The second-order valence-electron chi connectivity index (χ2n) is 4.94. The molecule has 1 unspecified atom stereocenters. The molecule has 0 radical (unpaired) electrons. The average Bonchev–Trinajstić information content (AvgIpc) is 2.74. The van der Waals surface area contributed by atoms with Crippen molar-refractivity contribution in [1.82, 2.24) is 0 Å². The van der Waals surface area contributed by atoms with Gasteiger partial charge in [0.15, 0.2) is 0 Å². The van der Waals surface area contributed by atoms with E-state index in [0.29, 0.717) is 0 Å². The fraction of sp³-hybridized carbons (Fsp3) is 0.176. The van der Waals surface area contributed by atoms with Crippen molar-refractivity contribution in [2.24, 2.45) is 0 Å². The summed E-state index contributed by atoms with van der Waals surface area (Å²) in [5.41, 5.74) is 2.27. The van der Waals surface area contributed by atoms with Crippen molar-refractivity contribution < 1.29 is 4.74 Å². The van der Waals surface area contributed by atoms with Crippen molar-refractivity contribution in [2.45, 2.75) is 18.9 Å². The van der Waals surface area contributed by atoms with E-state index < -0.39 is 0 Å². The molecule has 0 N–H and O–H groups in total. The quantitative estimate of drug-likeness (QED) is 0.763. The van der Waals surface area contributed by atoms with Gasteiger partial charge in [0.05, 0.1) is 0 Å². The molecule has 3 rings (SSSR count). The molecular weight excluding hydrogens is 220 g/mol. The van der Waals surface area contributed by atoms with E-state index in [1.165, 1.54) is 11.1 Å². The van der Waals surface area contributed by atoms with Crippen molar-refractivity contribution in [1.29, 1.82) is 0 Å². The Morgan fingerprint density at radius 2 is 1.72 bits per heavy atom. The lowest BCUT2D eigenvalue weighted by molar-refractivity contribution is 0.172. The first-order valence-electron chi connectivity index (χ1n) is 6.26. The Bertz CT molecular complexity index is 544. The van der Waals surface area contributed by atoms with Gasteiger partial charge < -0.3 is 4.74 Å². The van der Waals surface area contributed by atoms with Crippen LogP contribution in [0.5, 0.6) is 5.75 Å². The lowest BCUT2D eigenvalue weighted by atomic mass is 9.98. The average molecular weight is 236 g/mol. The van der Waals surface area contributed by atoms with E-state index in [1.54, 1.807) is 0 Å². The smallest absolute Gasteiger partial charge is 0.129 e. The lowest BCUT2D eigenvalue weighted by Crippen LogP contribution is -2.26. The summed E-state index contributed by atoms with van der Waals surface area (Å²) in [7, 11) is 0. The maximum atomic E-state index is 6.03. The van der Waals surface area contributed by atoms with E-state index in [-0.39, 0.29) is 5.60 Å². The molecule has 1 aliphatic rings. The summed E-state index contributed by atoms with van der Waals surface area (Å²) in [6.45, 7) is 2.13. The highest BCUT2D eigenvalue weighted by Gasteiger charge is 2.31. The van der Waals surface area contributed by atoms with E-state index in [9.17, 15) is 0 Å². The Kier molecular flexibility index (Phi) is 2.67. The number of benzene rings is 2. The summed E-state index contributed by atoms with van der Waals surface area (Å²) in [6.07, 6.45) is 5.22. The molecule has 1 aliphatic heterocycles. The highest BCUT2D eigenvalue weighted by atomic mass is 16.5. The fourth-order valence-corrected chi connectivity index (χ4v) is 2.34. The fourth-order valence-electron chi connectivity index (χ4n) is 2.34. The molecule has 0 bridgehead atoms. The van der Waals surface area contributed by atoms with Gasteiger partial charge in [-0.1, -0.05) is 54.6 Å². The van der Waals surface area contributed by atoms with E-state index in [2.05, 4.69) is 43.3 Å². The third-order valence-electron chi connectivity index (χ3n) is 3.29. The number of ether oxygens (including phenoxy) is 1. The van der Waals surface area contributed by atoms with Crippen LogP contribution >= 0.6 is 0 Å². The van der Waals surface area contributed by atoms with E-state index in [1.807, 2.05) is 30.3 Å². The predicted octanol–water partition coefficient (Wildman–Crippen LogP) is 4.09. The van der Waals surface area contributed by atoms with Crippen LogP contribution in [0, 0.1) is 0 Å². The summed E-state index contributed by atoms with van der Waals surface area (Å²) in [6, 6.07) is 18.6. The van der Waals surface area contributed by atoms with Crippen molar-refractivity contribution in [3.63, 3.8) is 0 Å². The molecule has 0 saturated heterocycles. The van der Waals surface area contributed by atoms with E-state index in [4.69, 9.17) is 4.74 Å². The normalized spacial score (nSPS) is 21.8. The molecule has 2 aromatic rings. The van der Waals surface area contributed by atoms with Gasteiger partial charge in [0.1, 0.15) is 11.4 Å². The predicted molar refractivity (Wildman–Crippen MR) is 74.7 cm³/mol. The molecule has 1 nitrogen and oxygen atoms in total. The topological polar surface area (TPSA) is 9.23 Å². The molecule has 0 amide bonds. The first-order chi connectivity index (χ1) is 8.75. The van der Waals surface area contributed by atoms with Crippen LogP contribution in [0.3, 0.4) is 0 Å². The molecule has 1 atom stereocenters. The van der Waals surface area contributed by atoms with Gasteiger partial charge in [-0.3, -0.25) is 0 Å². The Morgan fingerprint density at radius 3 is 2.50 bits per heavy atom. The van der Waals surface area contributed by atoms with Gasteiger partial charge in [0, 0.05) is 6.42 Å². The van der Waals surface area contributed by atoms with Crippen molar-refractivity contribution >= 4 is 6.08 Å². The SMILES string of the molecule is CC1(/C=C/c2ccccc2)Cc2ccccc2O1.